The molecule has 0 radical (unpaired) electrons. The Morgan fingerprint density at radius 2 is 2.04 bits per heavy atom. The number of carbonyl (C=O) groups is 1. The van der Waals surface area contributed by atoms with Crippen molar-refractivity contribution < 1.29 is 13.2 Å². The van der Waals surface area contributed by atoms with E-state index in [0.29, 0.717) is 22.2 Å². The van der Waals surface area contributed by atoms with Gasteiger partial charge in [0.25, 0.3) is 5.56 Å². The Kier molecular flexibility index (Phi) is 4.67. The third-order valence-electron chi connectivity index (χ3n) is 3.82. The van der Waals surface area contributed by atoms with E-state index in [1.807, 2.05) is 0 Å². The van der Waals surface area contributed by atoms with Crippen molar-refractivity contribution in [3.05, 3.63) is 46.4 Å². The van der Waals surface area contributed by atoms with Crippen molar-refractivity contribution in [1.82, 2.24) is 9.55 Å². The van der Waals surface area contributed by atoms with E-state index in [2.05, 4.69) is 10.3 Å². The molecule has 0 saturated heterocycles. The fourth-order valence-electron chi connectivity index (χ4n) is 2.43. The lowest BCUT2D eigenvalue weighted by Crippen LogP contribution is -2.37. The normalized spacial score (nSPS) is 17.0. The number of hydrogen-bond donors (Lipinski definition) is 2. The van der Waals surface area contributed by atoms with Crippen molar-refractivity contribution in [3.63, 3.8) is 0 Å². The van der Waals surface area contributed by atoms with Crippen molar-refractivity contribution in [2.75, 3.05) is 11.1 Å². The van der Waals surface area contributed by atoms with Crippen LogP contribution >= 0.6 is 11.8 Å². The van der Waals surface area contributed by atoms with Gasteiger partial charge in [-0.1, -0.05) is 11.8 Å². The molecule has 132 valence electrons. The summed E-state index contributed by atoms with van der Waals surface area (Å²) in [6.45, 7) is 1.95. The third-order valence-corrected chi connectivity index (χ3v) is 5.90. The van der Waals surface area contributed by atoms with Crippen molar-refractivity contribution in [2.24, 2.45) is 11.1 Å². The summed E-state index contributed by atoms with van der Waals surface area (Å²) >= 11 is 1.36. The van der Waals surface area contributed by atoms with Gasteiger partial charge < -0.3 is 5.32 Å². The lowest BCUT2D eigenvalue weighted by atomic mass is 10.1. The van der Waals surface area contributed by atoms with Gasteiger partial charge in [-0.2, -0.15) is 0 Å². The summed E-state index contributed by atoms with van der Waals surface area (Å²) in [6, 6.07) is 5.60. The van der Waals surface area contributed by atoms with Crippen LogP contribution in [0.5, 0.6) is 0 Å². The first-order valence-corrected chi connectivity index (χ1v) is 9.92. The molecule has 8 nitrogen and oxygen atoms in total. The highest BCUT2D eigenvalue weighted by molar-refractivity contribution is 7.99. The highest BCUT2D eigenvalue weighted by atomic mass is 32.2. The van der Waals surface area contributed by atoms with E-state index in [4.69, 9.17) is 5.14 Å². The molecule has 1 atom stereocenters. The van der Waals surface area contributed by atoms with Gasteiger partial charge in [-0.3, -0.25) is 14.2 Å². The van der Waals surface area contributed by atoms with Crippen LogP contribution in [0.25, 0.3) is 0 Å². The molecule has 0 bridgehead atoms. The lowest BCUT2D eigenvalue weighted by molar-refractivity contribution is -0.119. The number of nitrogens with one attached hydrogen (secondary N) is 1. The van der Waals surface area contributed by atoms with Gasteiger partial charge in [0, 0.05) is 29.7 Å². The maximum absolute atomic E-state index is 12.5. The van der Waals surface area contributed by atoms with E-state index < -0.39 is 15.9 Å². The number of fused-ring (bicyclic) bond motifs is 1. The average Bonchev–Trinajstić information content (AvgIpc) is 2.57. The highest BCUT2D eigenvalue weighted by Crippen LogP contribution is 2.26. The molecule has 1 aliphatic heterocycles. The van der Waals surface area contributed by atoms with Gasteiger partial charge >= 0.3 is 0 Å². The summed E-state index contributed by atoms with van der Waals surface area (Å²) < 4.78 is 24.0. The predicted molar refractivity (Wildman–Crippen MR) is 93.9 cm³/mol. The summed E-state index contributed by atoms with van der Waals surface area (Å²) in [5.41, 5.74) is 0.847. The Bertz CT molecular complexity index is 984. The number of benzene rings is 1. The fourth-order valence-corrected chi connectivity index (χ4v) is 3.99. The molecule has 1 aliphatic rings. The van der Waals surface area contributed by atoms with Crippen molar-refractivity contribution in [1.29, 1.82) is 0 Å². The van der Waals surface area contributed by atoms with Crippen LogP contribution in [0.15, 0.2) is 45.3 Å². The standard InChI is InChI=1S/C15H16N4O4S2/c1-9-6-17-15-19(14(9)21)7-10(8-24-15)13(20)18-11-2-4-12(5-3-11)25(16,22)23/h2-6,10H,7-8H2,1H3,(H,18,20)(H2,16,22,23). The average molecular weight is 380 g/mol. The number of nitrogens with two attached hydrogens (primary N) is 1. The first-order chi connectivity index (χ1) is 11.8. The Morgan fingerprint density at radius 3 is 2.68 bits per heavy atom. The van der Waals surface area contributed by atoms with Crippen molar-refractivity contribution in [2.45, 2.75) is 23.5 Å². The molecule has 10 heteroatoms. The molecule has 2 aromatic rings. The molecule has 2 heterocycles. The molecule has 0 aliphatic carbocycles. The molecule has 1 unspecified atom stereocenters. The summed E-state index contributed by atoms with van der Waals surface area (Å²) in [5.74, 6) is -0.122. The first kappa shape index (κ1) is 17.6. The second kappa shape index (κ2) is 6.62. The monoisotopic (exact) mass is 380 g/mol. The molecular weight excluding hydrogens is 364 g/mol. The minimum atomic E-state index is -3.77. The van der Waals surface area contributed by atoms with E-state index in [1.54, 1.807) is 6.92 Å². The van der Waals surface area contributed by atoms with Crippen LogP contribution in [0, 0.1) is 12.8 Å². The van der Waals surface area contributed by atoms with Crippen LogP contribution in [0.2, 0.25) is 0 Å². The molecule has 25 heavy (non-hydrogen) atoms. The van der Waals surface area contributed by atoms with Gasteiger partial charge in [0.1, 0.15) is 0 Å². The summed E-state index contributed by atoms with van der Waals surface area (Å²) in [5, 5.41) is 8.38. The number of sulfonamides is 1. The molecule has 3 rings (SSSR count). The topological polar surface area (TPSA) is 124 Å². The number of aromatic nitrogens is 2. The number of thioether (sulfide) groups is 1. The number of aryl methyl sites for hydroxylation is 1. The molecule has 0 saturated carbocycles. The summed E-state index contributed by atoms with van der Waals surface area (Å²) in [6.07, 6.45) is 1.54. The number of primary sulfonamides is 1. The molecule has 1 amide bonds. The number of hydrogen-bond acceptors (Lipinski definition) is 6. The van der Waals surface area contributed by atoms with Gasteiger partial charge in [-0.15, -0.1) is 0 Å². The zero-order chi connectivity index (χ0) is 18.2. The maximum Gasteiger partial charge on any atom is 0.257 e. The maximum atomic E-state index is 12.5. The number of nitrogens with zero attached hydrogens (tertiary/aromatic N) is 2. The van der Waals surface area contributed by atoms with E-state index in [-0.39, 0.29) is 22.9 Å². The lowest BCUT2D eigenvalue weighted by Gasteiger charge is -2.24. The highest BCUT2D eigenvalue weighted by Gasteiger charge is 2.27. The minimum absolute atomic E-state index is 0.0271. The molecule has 1 aromatic heterocycles. The van der Waals surface area contributed by atoms with E-state index >= 15 is 0 Å². The van der Waals surface area contributed by atoms with Crippen LogP contribution < -0.4 is 16.0 Å². The van der Waals surface area contributed by atoms with Gasteiger partial charge in [0.2, 0.25) is 15.9 Å². The van der Waals surface area contributed by atoms with E-state index in [0.717, 1.165) is 0 Å². The Labute approximate surface area is 148 Å². The molecule has 0 spiro atoms. The predicted octanol–water partition coefficient (Wildman–Crippen LogP) is 0.560. The second-order valence-electron chi connectivity index (χ2n) is 5.71. The smallest absolute Gasteiger partial charge is 0.257 e. The first-order valence-electron chi connectivity index (χ1n) is 7.38. The molecular formula is C15H16N4O4S2. The van der Waals surface area contributed by atoms with Crippen LogP contribution in [0.4, 0.5) is 5.69 Å². The molecule has 0 fully saturated rings. The van der Waals surface area contributed by atoms with Gasteiger partial charge in [-0.05, 0) is 31.2 Å². The largest absolute Gasteiger partial charge is 0.326 e. The summed E-state index contributed by atoms with van der Waals surface area (Å²) in [4.78, 5) is 28.8. The second-order valence-corrected chi connectivity index (χ2v) is 8.25. The van der Waals surface area contributed by atoms with Crippen LogP contribution in [0.3, 0.4) is 0 Å². The van der Waals surface area contributed by atoms with Gasteiger partial charge in [-0.25, -0.2) is 18.5 Å². The summed E-state index contributed by atoms with van der Waals surface area (Å²) in [7, 11) is -3.77. The number of rotatable bonds is 3. The Morgan fingerprint density at radius 1 is 1.36 bits per heavy atom. The Balaban J connectivity index is 1.74. The third kappa shape index (κ3) is 3.75. The van der Waals surface area contributed by atoms with Crippen LogP contribution in [-0.2, 0) is 21.4 Å². The van der Waals surface area contributed by atoms with Gasteiger partial charge in [0.05, 0.1) is 10.8 Å². The fraction of sp³-hybridized carbons (Fsp3) is 0.267. The molecule has 3 N–H and O–H groups in total. The minimum Gasteiger partial charge on any atom is -0.326 e. The van der Waals surface area contributed by atoms with Crippen LogP contribution in [0.1, 0.15) is 5.56 Å². The van der Waals surface area contributed by atoms with Crippen molar-refractivity contribution in [3.8, 4) is 0 Å². The number of anilines is 1. The van der Waals surface area contributed by atoms with E-state index in [9.17, 15) is 18.0 Å². The Hall–Kier alpha value is -2.17. The van der Waals surface area contributed by atoms with Crippen molar-refractivity contribution >= 4 is 33.4 Å². The number of carbonyl (C=O) groups excluding carboxylic acids is 1. The molecule has 1 aromatic carbocycles. The SMILES string of the molecule is Cc1cnc2n(c1=O)CC(C(=O)Nc1ccc(S(N)(=O)=O)cc1)CS2. The van der Waals surface area contributed by atoms with Gasteiger partial charge in [0.15, 0.2) is 5.16 Å². The zero-order valence-corrected chi connectivity index (χ0v) is 14.9. The zero-order valence-electron chi connectivity index (χ0n) is 13.3. The van der Waals surface area contributed by atoms with E-state index in [1.165, 1.54) is 46.8 Å². The van der Waals surface area contributed by atoms with Crippen LogP contribution in [-0.4, -0.2) is 29.6 Å². The number of amides is 1. The quantitative estimate of drug-likeness (QED) is 0.750.